The lowest BCUT2D eigenvalue weighted by molar-refractivity contribution is -0.380. The first-order valence-electron chi connectivity index (χ1n) is 11.4. The molecule has 2 aromatic carbocycles. The van der Waals surface area contributed by atoms with E-state index in [-0.39, 0.29) is 40.5 Å². The van der Waals surface area contributed by atoms with Crippen LogP contribution in [-0.2, 0) is 0 Å². The fourth-order valence-corrected chi connectivity index (χ4v) is 4.39. The Hall–Kier alpha value is -4.95. The second-order valence-corrected chi connectivity index (χ2v) is 9.02. The van der Waals surface area contributed by atoms with Gasteiger partial charge in [0.25, 0.3) is 5.91 Å². The van der Waals surface area contributed by atoms with Crippen molar-refractivity contribution in [1.29, 1.82) is 0 Å². The quantitative estimate of drug-likeness (QED) is 0.203. The predicted molar refractivity (Wildman–Crippen MR) is 140 cm³/mol. The second kappa shape index (κ2) is 10.8. The van der Waals surface area contributed by atoms with Gasteiger partial charge in [0.2, 0.25) is 0 Å². The highest BCUT2D eigenvalue weighted by Gasteiger charge is 2.21. The number of aliphatic hydroxyl groups is 1. The molecule has 2 N–H and O–H groups in total. The van der Waals surface area contributed by atoms with Crippen LogP contribution in [0.25, 0.3) is 28.1 Å². The molecule has 0 aliphatic heterocycles. The standard InChI is InChI=1S/C25H19FN6O6S/c1-37-16-5-3-15(4-6-16)31-24-17(13-27-31)23(30-25(34)20-8-9-21(39-20)32(35)36)28-22(29-24)14-2-7-18(26)19(12-14)38-11-10-33/h2-9,12-13,33H,10-11H2,1H3,(H,28,29,30,34). The summed E-state index contributed by atoms with van der Waals surface area (Å²) in [7, 11) is 1.55. The number of ether oxygens (including phenoxy) is 2. The van der Waals surface area contributed by atoms with Gasteiger partial charge in [-0.05, 0) is 48.5 Å². The maximum absolute atomic E-state index is 14.3. The minimum atomic E-state index is -0.635. The molecule has 0 spiro atoms. The molecule has 14 heteroatoms. The number of hydrogen-bond acceptors (Lipinski definition) is 10. The number of anilines is 1. The molecule has 0 unspecified atom stereocenters. The summed E-state index contributed by atoms with van der Waals surface area (Å²) in [5.74, 6) is -0.487. The number of halogens is 1. The maximum Gasteiger partial charge on any atom is 0.324 e. The Labute approximate surface area is 223 Å². The van der Waals surface area contributed by atoms with Gasteiger partial charge in [0, 0.05) is 11.6 Å². The zero-order chi connectivity index (χ0) is 27.5. The van der Waals surface area contributed by atoms with Gasteiger partial charge in [0.15, 0.2) is 23.0 Å². The molecule has 5 rings (SSSR count). The fraction of sp³-hybridized carbons (Fsp3) is 0.120. The third-order valence-electron chi connectivity index (χ3n) is 5.51. The monoisotopic (exact) mass is 550 g/mol. The van der Waals surface area contributed by atoms with Gasteiger partial charge in [0.1, 0.15) is 18.2 Å². The highest BCUT2D eigenvalue weighted by atomic mass is 32.1. The molecule has 0 bridgehead atoms. The molecule has 1 amide bonds. The molecule has 0 saturated carbocycles. The lowest BCUT2D eigenvalue weighted by atomic mass is 10.2. The number of aliphatic hydroxyl groups excluding tert-OH is 1. The molecule has 0 fully saturated rings. The zero-order valence-corrected chi connectivity index (χ0v) is 21.0. The Balaban J connectivity index is 1.62. The molecule has 0 aliphatic carbocycles. The topological polar surface area (TPSA) is 155 Å². The van der Waals surface area contributed by atoms with Gasteiger partial charge in [-0.15, -0.1) is 0 Å². The molecule has 198 valence electrons. The van der Waals surface area contributed by atoms with Gasteiger partial charge in [-0.1, -0.05) is 11.3 Å². The first-order chi connectivity index (χ1) is 18.9. The molecule has 0 atom stereocenters. The van der Waals surface area contributed by atoms with Crippen molar-refractivity contribution in [3.05, 3.63) is 81.6 Å². The molecule has 0 aliphatic rings. The number of nitrogens with zero attached hydrogens (tertiary/aromatic N) is 5. The Kier molecular flexibility index (Phi) is 7.12. The Morgan fingerprint density at radius 1 is 1.18 bits per heavy atom. The molecule has 0 saturated heterocycles. The molecule has 3 heterocycles. The van der Waals surface area contributed by atoms with E-state index in [0.29, 0.717) is 28.0 Å². The van der Waals surface area contributed by atoms with Crippen LogP contribution < -0.4 is 14.8 Å². The molecular weight excluding hydrogens is 531 g/mol. The zero-order valence-electron chi connectivity index (χ0n) is 20.2. The number of carbonyl (C=O) groups excluding carboxylic acids is 1. The lowest BCUT2D eigenvalue weighted by Gasteiger charge is -2.11. The number of thiophene rings is 1. The summed E-state index contributed by atoms with van der Waals surface area (Å²) in [5, 5.41) is 27.4. The summed E-state index contributed by atoms with van der Waals surface area (Å²) in [6.07, 6.45) is 1.48. The summed E-state index contributed by atoms with van der Waals surface area (Å²) in [6, 6.07) is 13.7. The van der Waals surface area contributed by atoms with Gasteiger partial charge in [-0.2, -0.15) is 5.10 Å². The van der Waals surface area contributed by atoms with Crippen molar-refractivity contribution in [2.45, 2.75) is 0 Å². The highest BCUT2D eigenvalue weighted by Crippen LogP contribution is 2.31. The Bertz CT molecular complexity index is 1690. The number of benzene rings is 2. The summed E-state index contributed by atoms with van der Waals surface area (Å²) >= 11 is 0.725. The van der Waals surface area contributed by atoms with Crippen LogP contribution in [0.3, 0.4) is 0 Å². The van der Waals surface area contributed by atoms with Crippen molar-refractivity contribution in [3.8, 4) is 28.6 Å². The van der Waals surface area contributed by atoms with Crippen molar-refractivity contribution in [2.24, 2.45) is 0 Å². The Morgan fingerprint density at radius 2 is 1.97 bits per heavy atom. The minimum absolute atomic E-state index is 0.0953. The normalized spacial score (nSPS) is 10.9. The number of methoxy groups -OCH3 is 1. The third-order valence-corrected chi connectivity index (χ3v) is 6.55. The van der Waals surface area contributed by atoms with Crippen LogP contribution >= 0.6 is 11.3 Å². The number of nitrogens with one attached hydrogen (secondary N) is 1. The molecule has 3 aromatic heterocycles. The number of nitro groups is 1. The van der Waals surface area contributed by atoms with Crippen LogP contribution in [0.15, 0.2) is 60.8 Å². The molecule has 5 aromatic rings. The van der Waals surface area contributed by atoms with Crippen molar-refractivity contribution in [3.63, 3.8) is 0 Å². The van der Waals surface area contributed by atoms with Gasteiger partial charge in [0.05, 0.1) is 40.8 Å². The summed E-state index contributed by atoms with van der Waals surface area (Å²) in [5.41, 5.74) is 1.35. The van der Waals surface area contributed by atoms with E-state index in [1.54, 1.807) is 31.4 Å². The van der Waals surface area contributed by atoms with Gasteiger partial charge >= 0.3 is 5.00 Å². The predicted octanol–water partition coefficient (Wildman–Crippen LogP) is 4.22. The van der Waals surface area contributed by atoms with Crippen molar-refractivity contribution in [2.75, 3.05) is 25.6 Å². The highest BCUT2D eigenvalue weighted by molar-refractivity contribution is 7.17. The van der Waals surface area contributed by atoms with Crippen LogP contribution in [0.4, 0.5) is 15.2 Å². The van der Waals surface area contributed by atoms with Crippen molar-refractivity contribution < 1.29 is 28.7 Å². The first kappa shape index (κ1) is 25.7. The Morgan fingerprint density at radius 3 is 2.67 bits per heavy atom. The summed E-state index contributed by atoms with van der Waals surface area (Å²) in [6.45, 7) is -0.414. The number of amides is 1. The van der Waals surface area contributed by atoms with Crippen molar-refractivity contribution in [1.82, 2.24) is 19.7 Å². The van der Waals surface area contributed by atoms with E-state index >= 15 is 0 Å². The molecule has 12 nitrogen and oxygen atoms in total. The minimum Gasteiger partial charge on any atom is -0.497 e. The van der Waals surface area contributed by atoms with Gasteiger partial charge in [-0.25, -0.2) is 19.0 Å². The van der Waals surface area contributed by atoms with E-state index in [9.17, 15) is 19.3 Å². The van der Waals surface area contributed by atoms with Gasteiger partial charge < -0.3 is 19.9 Å². The fourth-order valence-electron chi connectivity index (χ4n) is 3.67. The van der Waals surface area contributed by atoms with E-state index in [1.165, 1.54) is 41.2 Å². The van der Waals surface area contributed by atoms with Crippen LogP contribution in [-0.4, -0.2) is 56.0 Å². The van der Waals surface area contributed by atoms with E-state index in [4.69, 9.17) is 14.6 Å². The summed E-state index contributed by atoms with van der Waals surface area (Å²) in [4.78, 5) is 32.7. The second-order valence-electron chi connectivity index (χ2n) is 7.95. The molecule has 0 radical (unpaired) electrons. The maximum atomic E-state index is 14.3. The number of rotatable bonds is 9. The van der Waals surface area contributed by atoms with Crippen molar-refractivity contribution >= 4 is 39.1 Å². The van der Waals surface area contributed by atoms with Crippen LogP contribution in [0.5, 0.6) is 11.5 Å². The van der Waals surface area contributed by atoms with Gasteiger partial charge in [-0.3, -0.25) is 14.9 Å². The summed E-state index contributed by atoms with van der Waals surface area (Å²) < 4.78 is 26.3. The first-order valence-corrected chi connectivity index (χ1v) is 12.2. The number of hydrogen-bond donors (Lipinski definition) is 2. The van der Waals surface area contributed by atoms with E-state index in [2.05, 4.69) is 20.4 Å². The lowest BCUT2D eigenvalue weighted by Crippen LogP contribution is -2.13. The average molecular weight is 551 g/mol. The molecule has 39 heavy (non-hydrogen) atoms. The largest absolute Gasteiger partial charge is 0.497 e. The van der Waals surface area contributed by atoms with Crippen LogP contribution in [0.2, 0.25) is 0 Å². The van der Waals surface area contributed by atoms with E-state index in [0.717, 1.165) is 11.3 Å². The number of aromatic nitrogens is 4. The van der Waals surface area contributed by atoms with E-state index < -0.39 is 16.6 Å². The van der Waals surface area contributed by atoms with Crippen LogP contribution in [0.1, 0.15) is 9.67 Å². The SMILES string of the molecule is COc1ccc(-n2ncc3c(NC(=O)c4ccc([N+](=O)[O-])s4)nc(-c4ccc(F)c(OCCO)c4)nc32)cc1. The van der Waals surface area contributed by atoms with Crippen LogP contribution in [0, 0.1) is 15.9 Å². The number of carbonyl (C=O) groups is 1. The number of fused-ring (bicyclic) bond motifs is 1. The van der Waals surface area contributed by atoms with E-state index in [1.807, 2.05) is 0 Å². The smallest absolute Gasteiger partial charge is 0.324 e. The third kappa shape index (κ3) is 5.23. The average Bonchev–Trinajstić information content (AvgIpc) is 3.61. The molecular formula is C25H19FN6O6S.